The summed E-state index contributed by atoms with van der Waals surface area (Å²) in [4.78, 5) is 0. The summed E-state index contributed by atoms with van der Waals surface area (Å²) in [5, 5.41) is 0. The zero-order valence-corrected chi connectivity index (χ0v) is 8.93. The molecule has 0 aliphatic heterocycles. The molecule has 1 aliphatic rings. The second kappa shape index (κ2) is 3.37. The molecular weight excluding hydrogens is 146 g/mol. The summed E-state index contributed by atoms with van der Waals surface area (Å²) in [5.41, 5.74) is 6.28. The van der Waals surface area contributed by atoms with E-state index in [-0.39, 0.29) is 0 Å². The van der Waals surface area contributed by atoms with Crippen molar-refractivity contribution in [2.24, 2.45) is 28.9 Å². The third kappa shape index (κ3) is 1.39. The van der Waals surface area contributed by atoms with Crippen LogP contribution in [0.15, 0.2) is 0 Å². The molecule has 0 radical (unpaired) electrons. The molecule has 0 aromatic rings. The standard InChI is InChI=1S/C11H23N/c1-5-8(6-2)10-9(7-12)11(10,3)4/h8-10H,5-7,12H2,1-4H3. The van der Waals surface area contributed by atoms with Crippen LogP contribution in [-0.2, 0) is 0 Å². The molecule has 2 N–H and O–H groups in total. The molecule has 0 aromatic heterocycles. The molecule has 0 amide bonds. The van der Waals surface area contributed by atoms with Crippen molar-refractivity contribution in [1.82, 2.24) is 0 Å². The molecule has 1 nitrogen and oxygen atoms in total. The van der Waals surface area contributed by atoms with E-state index < -0.39 is 0 Å². The molecule has 0 spiro atoms. The third-order valence-electron chi connectivity index (χ3n) is 3.95. The van der Waals surface area contributed by atoms with E-state index >= 15 is 0 Å². The van der Waals surface area contributed by atoms with Crippen molar-refractivity contribution >= 4 is 0 Å². The predicted octanol–water partition coefficient (Wildman–Crippen LogP) is 2.65. The van der Waals surface area contributed by atoms with Crippen LogP contribution in [-0.4, -0.2) is 6.54 Å². The molecular formula is C11H23N. The van der Waals surface area contributed by atoms with Gasteiger partial charge in [0.05, 0.1) is 0 Å². The lowest BCUT2D eigenvalue weighted by atomic mass is 9.92. The minimum atomic E-state index is 0.533. The van der Waals surface area contributed by atoms with Crippen LogP contribution in [0.3, 0.4) is 0 Å². The van der Waals surface area contributed by atoms with E-state index in [4.69, 9.17) is 5.73 Å². The number of nitrogens with two attached hydrogens (primary N) is 1. The first-order valence-electron chi connectivity index (χ1n) is 5.29. The van der Waals surface area contributed by atoms with Gasteiger partial charge in [-0.2, -0.15) is 0 Å². The fourth-order valence-corrected chi connectivity index (χ4v) is 2.97. The molecule has 0 saturated heterocycles. The van der Waals surface area contributed by atoms with Crippen LogP contribution in [0.4, 0.5) is 0 Å². The first kappa shape index (κ1) is 10.0. The Kier molecular flexibility index (Phi) is 2.82. The number of hydrogen-bond acceptors (Lipinski definition) is 1. The summed E-state index contributed by atoms with van der Waals surface area (Å²) in [6.45, 7) is 10.2. The van der Waals surface area contributed by atoms with Gasteiger partial charge in [-0.15, -0.1) is 0 Å². The fourth-order valence-electron chi connectivity index (χ4n) is 2.97. The lowest BCUT2D eigenvalue weighted by Gasteiger charge is -2.13. The fraction of sp³-hybridized carbons (Fsp3) is 1.00. The Morgan fingerprint density at radius 2 is 1.75 bits per heavy atom. The Morgan fingerprint density at radius 3 is 2.00 bits per heavy atom. The smallest absolute Gasteiger partial charge is 0.00407 e. The monoisotopic (exact) mass is 169 g/mol. The number of hydrogen-bond donors (Lipinski definition) is 1. The molecule has 1 rings (SSSR count). The summed E-state index contributed by atoms with van der Waals surface area (Å²) in [7, 11) is 0. The largest absolute Gasteiger partial charge is 0.330 e. The molecule has 1 saturated carbocycles. The Balaban J connectivity index is 2.55. The van der Waals surface area contributed by atoms with Crippen molar-refractivity contribution in [2.75, 3.05) is 6.54 Å². The van der Waals surface area contributed by atoms with Gasteiger partial charge < -0.3 is 5.73 Å². The maximum absolute atomic E-state index is 5.75. The summed E-state index contributed by atoms with van der Waals surface area (Å²) in [6, 6.07) is 0. The molecule has 2 atom stereocenters. The van der Waals surface area contributed by atoms with Crippen LogP contribution in [0.5, 0.6) is 0 Å². The summed E-state index contributed by atoms with van der Waals surface area (Å²) in [5.74, 6) is 2.61. The Labute approximate surface area is 76.7 Å². The molecule has 2 unspecified atom stereocenters. The van der Waals surface area contributed by atoms with Crippen LogP contribution in [0.2, 0.25) is 0 Å². The summed E-state index contributed by atoms with van der Waals surface area (Å²) < 4.78 is 0. The Hall–Kier alpha value is -0.0400. The first-order chi connectivity index (χ1) is 5.59. The second-order valence-electron chi connectivity index (χ2n) is 4.77. The maximum atomic E-state index is 5.75. The van der Waals surface area contributed by atoms with Gasteiger partial charge in [0.25, 0.3) is 0 Å². The zero-order valence-electron chi connectivity index (χ0n) is 8.93. The van der Waals surface area contributed by atoms with Crippen LogP contribution in [0.25, 0.3) is 0 Å². The predicted molar refractivity (Wildman–Crippen MR) is 53.9 cm³/mol. The minimum Gasteiger partial charge on any atom is -0.330 e. The molecule has 0 bridgehead atoms. The normalized spacial score (nSPS) is 32.5. The quantitative estimate of drug-likeness (QED) is 0.688. The molecule has 1 fully saturated rings. The van der Waals surface area contributed by atoms with Gasteiger partial charge in [-0.1, -0.05) is 40.5 Å². The van der Waals surface area contributed by atoms with Crippen LogP contribution in [0.1, 0.15) is 40.5 Å². The highest BCUT2D eigenvalue weighted by molar-refractivity contribution is 5.07. The first-order valence-corrected chi connectivity index (χ1v) is 5.29. The second-order valence-corrected chi connectivity index (χ2v) is 4.77. The van der Waals surface area contributed by atoms with Gasteiger partial charge in [-0.3, -0.25) is 0 Å². The lowest BCUT2D eigenvalue weighted by molar-refractivity contribution is 0.370. The molecule has 0 heterocycles. The van der Waals surface area contributed by atoms with E-state index in [1.165, 1.54) is 12.8 Å². The van der Waals surface area contributed by atoms with E-state index in [9.17, 15) is 0 Å². The lowest BCUT2D eigenvalue weighted by Crippen LogP contribution is -2.07. The molecule has 0 aromatic carbocycles. The average molecular weight is 169 g/mol. The van der Waals surface area contributed by atoms with Gasteiger partial charge in [0, 0.05) is 0 Å². The molecule has 72 valence electrons. The van der Waals surface area contributed by atoms with Crippen molar-refractivity contribution < 1.29 is 0 Å². The zero-order chi connectivity index (χ0) is 9.35. The van der Waals surface area contributed by atoms with Crippen molar-refractivity contribution in [3.05, 3.63) is 0 Å². The SMILES string of the molecule is CCC(CC)C1C(CN)C1(C)C. The Bertz CT molecular complexity index is 147. The van der Waals surface area contributed by atoms with Gasteiger partial charge in [-0.25, -0.2) is 0 Å². The van der Waals surface area contributed by atoms with E-state index in [1.54, 1.807) is 0 Å². The van der Waals surface area contributed by atoms with Crippen molar-refractivity contribution in [3.63, 3.8) is 0 Å². The number of rotatable bonds is 4. The third-order valence-corrected chi connectivity index (χ3v) is 3.95. The van der Waals surface area contributed by atoms with E-state index in [2.05, 4.69) is 27.7 Å². The summed E-state index contributed by atoms with van der Waals surface area (Å²) in [6.07, 6.45) is 2.64. The van der Waals surface area contributed by atoms with Gasteiger partial charge in [0.15, 0.2) is 0 Å². The molecule has 12 heavy (non-hydrogen) atoms. The summed E-state index contributed by atoms with van der Waals surface area (Å²) >= 11 is 0. The van der Waals surface area contributed by atoms with Crippen molar-refractivity contribution in [3.8, 4) is 0 Å². The van der Waals surface area contributed by atoms with E-state index in [1.807, 2.05) is 0 Å². The maximum Gasteiger partial charge on any atom is -0.00407 e. The van der Waals surface area contributed by atoms with Gasteiger partial charge in [-0.05, 0) is 29.7 Å². The molecule has 1 aliphatic carbocycles. The van der Waals surface area contributed by atoms with Crippen LogP contribution in [0, 0.1) is 23.2 Å². The van der Waals surface area contributed by atoms with E-state index in [0.717, 1.165) is 24.3 Å². The highest BCUT2D eigenvalue weighted by Gasteiger charge is 2.58. The topological polar surface area (TPSA) is 26.0 Å². The van der Waals surface area contributed by atoms with Crippen molar-refractivity contribution in [2.45, 2.75) is 40.5 Å². The van der Waals surface area contributed by atoms with Gasteiger partial charge in [0.2, 0.25) is 0 Å². The highest BCUT2D eigenvalue weighted by Crippen LogP contribution is 2.62. The molecule has 1 heteroatoms. The van der Waals surface area contributed by atoms with E-state index in [0.29, 0.717) is 5.41 Å². The van der Waals surface area contributed by atoms with Gasteiger partial charge in [0.1, 0.15) is 0 Å². The average Bonchev–Trinajstić information content (AvgIpc) is 2.57. The highest BCUT2D eigenvalue weighted by atomic mass is 14.7. The Morgan fingerprint density at radius 1 is 1.25 bits per heavy atom. The van der Waals surface area contributed by atoms with Crippen molar-refractivity contribution in [1.29, 1.82) is 0 Å². The van der Waals surface area contributed by atoms with Gasteiger partial charge >= 0.3 is 0 Å². The van der Waals surface area contributed by atoms with Crippen LogP contribution < -0.4 is 5.73 Å². The minimum absolute atomic E-state index is 0.533. The van der Waals surface area contributed by atoms with Crippen LogP contribution >= 0.6 is 0 Å².